The zero-order valence-corrected chi connectivity index (χ0v) is 20.5. The summed E-state index contributed by atoms with van der Waals surface area (Å²) in [6, 6.07) is 4.66. The number of esters is 1. The molecule has 2 rings (SSSR count). The SMILES string of the molecule is CCC(CC)NC(=O)COC(=O)c1cc(S(=O)(=O)N(CC)CC)ccc1N1CCCCC1. The quantitative estimate of drug-likeness (QED) is 0.502. The molecule has 32 heavy (non-hydrogen) atoms. The van der Waals surface area contributed by atoms with Crippen molar-refractivity contribution in [2.24, 2.45) is 0 Å². The lowest BCUT2D eigenvalue weighted by Gasteiger charge is -2.30. The van der Waals surface area contributed by atoms with Crippen LogP contribution in [0.25, 0.3) is 0 Å². The van der Waals surface area contributed by atoms with Crippen molar-refractivity contribution in [1.29, 1.82) is 0 Å². The van der Waals surface area contributed by atoms with Crippen molar-refractivity contribution in [2.45, 2.75) is 70.7 Å². The molecule has 0 spiro atoms. The van der Waals surface area contributed by atoms with Crippen molar-refractivity contribution in [3.05, 3.63) is 23.8 Å². The molecule has 1 aliphatic rings. The molecule has 0 aromatic heterocycles. The van der Waals surface area contributed by atoms with Gasteiger partial charge in [-0.05, 0) is 50.3 Å². The fourth-order valence-corrected chi connectivity index (χ4v) is 5.42. The van der Waals surface area contributed by atoms with E-state index in [0.717, 1.165) is 45.2 Å². The van der Waals surface area contributed by atoms with Crippen LogP contribution in [0.3, 0.4) is 0 Å². The minimum absolute atomic E-state index is 0.0349. The first-order chi connectivity index (χ1) is 15.3. The molecule has 0 bridgehead atoms. The molecule has 1 fully saturated rings. The molecule has 0 radical (unpaired) electrons. The average Bonchev–Trinajstić information content (AvgIpc) is 2.81. The Kier molecular flexibility index (Phi) is 9.96. The van der Waals surface area contributed by atoms with E-state index in [9.17, 15) is 18.0 Å². The molecule has 180 valence electrons. The van der Waals surface area contributed by atoms with Gasteiger partial charge in [-0.3, -0.25) is 4.79 Å². The summed E-state index contributed by atoms with van der Waals surface area (Å²) in [7, 11) is -3.73. The number of hydrogen-bond donors (Lipinski definition) is 1. The van der Waals surface area contributed by atoms with Crippen LogP contribution in [0.4, 0.5) is 5.69 Å². The standard InChI is InChI=1S/C23H37N3O5S/c1-5-18(6-2)24-22(27)17-31-23(28)20-16-19(32(29,30)26(7-3)8-4)12-13-21(20)25-14-10-9-11-15-25/h12-13,16,18H,5-11,14-15,17H2,1-4H3,(H,24,27). The molecule has 0 atom stereocenters. The average molecular weight is 468 g/mol. The smallest absolute Gasteiger partial charge is 0.340 e. The summed E-state index contributed by atoms with van der Waals surface area (Å²) in [6.45, 7) is 9.36. The summed E-state index contributed by atoms with van der Waals surface area (Å²) in [5.41, 5.74) is 0.823. The highest BCUT2D eigenvalue weighted by Crippen LogP contribution is 2.29. The molecular formula is C23H37N3O5S. The molecule has 0 saturated carbocycles. The van der Waals surface area contributed by atoms with E-state index in [1.54, 1.807) is 26.0 Å². The highest BCUT2D eigenvalue weighted by molar-refractivity contribution is 7.89. The van der Waals surface area contributed by atoms with Crippen LogP contribution >= 0.6 is 0 Å². The number of nitrogens with one attached hydrogen (secondary N) is 1. The van der Waals surface area contributed by atoms with Crippen LogP contribution < -0.4 is 10.2 Å². The fraction of sp³-hybridized carbons (Fsp3) is 0.652. The van der Waals surface area contributed by atoms with Crippen molar-refractivity contribution in [1.82, 2.24) is 9.62 Å². The number of ether oxygens (including phenoxy) is 1. The second-order valence-corrected chi connectivity index (χ2v) is 9.91. The third kappa shape index (κ3) is 6.45. The molecule has 8 nitrogen and oxygen atoms in total. The first-order valence-electron chi connectivity index (χ1n) is 11.6. The van der Waals surface area contributed by atoms with Gasteiger partial charge in [0.2, 0.25) is 10.0 Å². The van der Waals surface area contributed by atoms with Crippen LogP contribution in [-0.4, -0.2) is 63.4 Å². The maximum absolute atomic E-state index is 13.0. The Bertz CT molecular complexity index is 874. The Balaban J connectivity index is 2.31. The lowest BCUT2D eigenvalue weighted by atomic mass is 10.1. The zero-order chi connectivity index (χ0) is 23.7. The largest absolute Gasteiger partial charge is 0.452 e. The maximum Gasteiger partial charge on any atom is 0.340 e. The Morgan fingerprint density at radius 1 is 1.06 bits per heavy atom. The van der Waals surface area contributed by atoms with Crippen molar-refractivity contribution >= 4 is 27.6 Å². The van der Waals surface area contributed by atoms with Gasteiger partial charge in [0.25, 0.3) is 5.91 Å². The second-order valence-electron chi connectivity index (χ2n) is 7.97. The van der Waals surface area contributed by atoms with Crippen LogP contribution in [0, 0.1) is 0 Å². The predicted octanol–water partition coefficient (Wildman–Crippen LogP) is 3.17. The normalized spacial score (nSPS) is 14.6. The van der Waals surface area contributed by atoms with E-state index in [1.165, 1.54) is 10.4 Å². The summed E-state index contributed by atoms with van der Waals surface area (Å²) in [6.07, 6.45) is 4.72. The highest BCUT2D eigenvalue weighted by Gasteiger charge is 2.27. The number of piperidine rings is 1. The van der Waals surface area contributed by atoms with Crippen LogP contribution in [0.5, 0.6) is 0 Å². The Morgan fingerprint density at radius 2 is 1.69 bits per heavy atom. The molecule has 9 heteroatoms. The predicted molar refractivity (Wildman–Crippen MR) is 125 cm³/mol. The number of anilines is 1. The number of nitrogens with zero attached hydrogens (tertiary/aromatic N) is 2. The van der Waals surface area contributed by atoms with Gasteiger partial charge < -0.3 is 15.0 Å². The maximum atomic E-state index is 13.0. The van der Waals surface area contributed by atoms with Gasteiger partial charge in [0, 0.05) is 32.2 Å². The minimum Gasteiger partial charge on any atom is -0.452 e. The first kappa shape index (κ1) is 26.1. The monoisotopic (exact) mass is 467 g/mol. The van der Waals surface area contributed by atoms with Crippen LogP contribution in [-0.2, 0) is 19.6 Å². The topological polar surface area (TPSA) is 96.0 Å². The third-order valence-corrected chi connectivity index (χ3v) is 7.96. The second kappa shape index (κ2) is 12.2. The number of carbonyl (C=O) groups excluding carboxylic acids is 2. The van der Waals surface area contributed by atoms with Gasteiger partial charge in [-0.2, -0.15) is 4.31 Å². The lowest BCUT2D eigenvalue weighted by molar-refractivity contribution is -0.125. The van der Waals surface area contributed by atoms with Crippen LogP contribution in [0.2, 0.25) is 0 Å². The number of amides is 1. The molecule has 1 aromatic carbocycles. The summed E-state index contributed by atoms with van der Waals surface area (Å²) >= 11 is 0. The van der Waals surface area contributed by atoms with E-state index in [-0.39, 0.29) is 22.4 Å². The molecule has 0 aliphatic carbocycles. The molecule has 0 unspecified atom stereocenters. The van der Waals surface area contributed by atoms with Crippen molar-refractivity contribution in [2.75, 3.05) is 37.7 Å². The molecule has 1 heterocycles. The van der Waals surface area contributed by atoms with E-state index in [2.05, 4.69) is 10.2 Å². The summed E-state index contributed by atoms with van der Waals surface area (Å²) in [5, 5.41) is 2.84. The van der Waals surface area contributed by atoms with Gasteiger partial charge in [0.1, 0.15) is 0 Å². The van der Waals surface area contributed by atoms with Gasteiger partial charge >= 0.3 is 5.97 Å². The Hall–Kier alpha value is -2.13. The number of carbonyl (C=O) groups is 2. The Morgan fingerprint density at radius 3 is 2.25 bits per heavy atom. The van der Waals surface area contributed by atoms with Gasteiger partial charge in [-0.15, -0.1) is 0 Å². The Labute approximate surface area is 192 Å². The minimum atomic E-state index is -3.73. The summed E-state index contributed by atoms with van der Waals surface area (Å²) in [4.78, 5) is 27.3. The number of sulfonamides is 1. The van der Waals surface area contributed by atoms with Gasteiger partial charge in [0.05, 0.1) is 16.1 Å². The third-order valence-electron chi connectivity index (χ3n) is 5.91. The van der Waals surface area contributed by atoms with Crippen molar-refractivity contribution in [3.63, 3.8) is 0 Å². The summed E-state index contributed by atoms with van der Waals surface area (Å²) in [5.74, 6) is -1.06. The molecule has 1 N–H and O–H groups in total. The molecule has 1 aliphatic heterocycles. The van der Waals surface area contributed by atoms with Crippen molar-refractivity contribution < 1.29 is 22.7 Å². The number of rotatable bonds is 11. The van der Waals surface area contributed by atoms with E-state index in [0.29, 0.717) is 18.8 Å². The first-order valence-corrected chi connectivity index (χ1v) is 13.1. The highest BCUT2D eigenvalue weighted by atomic mass is 32.2. The number of hydrogen-bond acceptors (Lipinski definition) is 6. The van der Waals surface area contributed by atoms with E-state index >= 15 is 0 Å². The van der Waals surface area contributed by atoms with Crippen LogP contribution in [0.15, 0.2) is 23.1 Å². The molecule has 1 aromatic rings. The van der Waals surface area contributed by atoms with E-state index in [1.807, 2.05) is 13.8 Å². The van der Waals surface area contributed by atoms with E-state index < -0.39 is 22.6 Å². The summed E-state index contributed by atoms with van der Waals surface area (Å²) < 4.78 is 32.7. The number of benzene rings is 1. The zero-order valence-electron chi connectivity index (χ0n) is 19.7. The van der Waals surface area contributed by atoms with Gasteiger partial charge in [-0.25, -0.2) is 13.2 Å². The molecule has 1 amide bonds. The van der Waals surface area contributed by atoms with Gasteiger partial charge in [0.15, 0.2) is 6.61 Å². The fourth-order valence-electron chi connectivity index (χ4n) is 3.93. The van der Waals surface area contributed by atoms with Gasteiger partial charge in [-0.1, -0.05) is 27.7 Å². The molecular weight excluding hydrogens is 430 g/mol. The lowest BCUT2D eigenvalue weighted by Crippen LogP contribution is -2.37. The molecule has 1 saturated heterocycles. The van der Waals surface area contributed by atoms with Crippen LogP contribution in [0.1, 0.15) is 70.2 Å². The van der Waals surface area contributed by atoms with E-state index in [4.69, 9.17) is 4.74 Å². The van der Waals surface area contributed by atoms with Crippen molar-refractivity contribution in [3.8, 4) is 0 Å².